The van der Waals surface area contributed by atoms with E-state index in [1.807, 2.05) is 36.2 Å². The Morgan fingerprint density at radius 2 is 1.85 bits per heavy atom. The topological polar surface area (TPSA) is 46.1 Å². The van der Waals surface area contributed by atoms with Crippen LogP contribution in [0.15, 0.2) is 53.5 Å². The van der Waals surface area contributed by atoms with E-state index in [1.54, 1.807) is 26.3 Å². The third-order valence-corrected chi connectivity index (χ3v) is 3.81. The minimum absolute atomic E-state index is 0. The average molecular weight is 487 g/mol. The predicted octanol–water partition coefficient (Wildman–Crippen LogP) is 3.68. The quantitative estimate of drug-likeness (QED) is 0.267. The average Bonchev–Trinajstić information content (AvgIpc) is 2.65. The van der Waals surface area contributed by atoms with Gasteiger partial charge in [0.15, 0.2) is 5.96 Å². The summed E-state index contributed by atoms with van der Waals surface area (Å²) in [6.45, 7) is 2.35. The molecule has 0 bridgehead atoms. The summed E-state index contributed by atoms with van der Waals surface area (Å²) < 4.78 is 23.6. The molecule has 0 saturated heterocycles. The molecule has 148 valence electrons. The van der Waals surface area contributed by atoms with Gasteiger partial charge in [-0.05, 0) is 35.4 Å². The smallest absolute Gasteiger partial charge is 0.193 e. The minimum Gasteiger partial charge on any atom is -0.491 e. The van der Waals surface area contributed by atoms with Crippen LogP contribution in [0.5, 0.6) is 5.75 Å². The van der Waals surface area contributed by atoms with Gasteiger partial charge in [0.05, 0.1) is 6.61 Å². The lowest BCUT2D eigenvalue weighted by Crippen LogP contribution is -2.38. The second-order valence-corrected chi connectivity index (χ2v) is 5.87. The fourth-order valence-corrected chi connectivity index (χ4v) is 2.49. The van der Waals surface area contributed by atoms with Crippen molar-refractivity contribution in [3.63, 3.8) is 0 Å². The first kappa shape index (κ1) is 23.2. The van der Waals surface area contributed by atoms with Crippen LogP contribution < -0.4 is 10.1 Å². The Labute approximate surface area is 177 Å². The van der Waals surface area contributed by atoms with E-state index in [2.05, 4.69) is 10.3 Å². The van der Waals surface area contributed by atoms with Crippen LogP contribution in [0.4, 0.5) is 4.39 Å². The number of nitrogens with zero attached hydrogens (tertiary/aromatic N) is 2. The Balaban J connectivity index is 0.00000364. The molecule has 0 saturated carbocycles. The van der Waals surface area contributed by atoms with Crippen LogP contribution in [0.1, 0.15) is 11.1 Å². The Kier molecular flexibility index (Phi) is 10.7. The first-order valence-corrected chi connectivity index (χ1v) is 8.49. The summed E-state index contributed by atoms with van der Waals surface area (Å²) in [5, 5.41) is 3.33. The van der Waals surface area contributed by atoms with Crippen molar-refractivity contribution < 1.29 is 13.9 Å². The monoisotopic (exact) mass is 487 g/mol. The summed E-state index contributed by atoms with van der Waals surface area (Å²) in [6, 6.07) is 14.4. The summed E-state index contributed by atoms with van der Waals surface area (Å²) in [5.41, 5.74) is 2.11. The molecule has 0 unspecified atom stereocenters. The molecular formula is C20H27FIN3O2. The zero-order valence-electron chi connectivity index (χ0n) is 15.9. The zero-order valence-corrected chi connectivity index (χ0v) is 18.3. The maximum atomic E-state index is 13.0. The molecule has 1 N–H and O–H groups in total. The highest BCUT2D eigenvalue weighted by Crippen LogP contribution is 2.13. The molecule has 0 heterocycles. The molecule has 2 rings (SSSR count). The van der Waals surface area contributed by atoms with Gasteiger partial charge in [0.25, 0.3) is 0 Å². The number of halogens is 2. The predicted molar refractivity (Wildman–Crippen MR) is 117 cm³/mol. The van der Waals surface area contributed by atoms with Crippen molar-refractivity contribution in [2.75, 3.05) is 34.4 Å². The van der Waals surface area contributed by atoms with Gasteiger partial charge < -0.3 is 19.7 Å². The first-order chi connectivity index (χ1) is 12.6. The normalized spacial score (nSPS) is 10.9. The molecule has 0 fully saturated rings. The lowest BCUT2D eigenvalue weighted by molar-refractivity contribution is 0.146. The highest BCUT2D eigenvalue weighted by Gasteiger charge is 2.07. The van der Waals surface area contributed by atoms with Crippen LogP contribution >= 0.6 is 24.0 Å². The van der Waals surface area contributed by atoms with E-state index < -0.39 is 0 Å². The van der Waals surface area contributed by atoms with Crippen LogP contribution in [0, 0.1) is 5.82 Å². The molecule has 5 nitrogen and oxygen atoms in total. The van der Waals surface area contributed by atoms with E-state index in [1.165, 1.54) is 12.1 Å². The Hall–Kier alpha value is -1.87. The Morgan fingerprint density at radius 3 is 2.52 bits per heavy atom. The van der Waals surface area contributed by atoms with Gasteiger partial charge in [-0.2, -0.15) is 0 Å². The fourth-order valence-electron chi connectivity index (χ4n) is 2.49. The summed E-state index contributed by atoms with van der Waals surface area (Å²) >= 11 is 0. The van der Waals surface area contributed by atoms with E-state index in [0.717, 1.165) is 22.8 Å². The molecule has 2 aromatic carbocycles. The van der Waals surface area contributed by atoms with E-state index in [4.69, 9.17) is 9.47 Å². The number of hydrogen-bond donors (Lipinski definition) is 1. The molecule has 0 aliphatic heterocycles. The number of rotatable bonds is 8. The lowest BCUT2D eigenvalue weighted by Gasteiger charge is -2.22. The van der Waals surface area contributed by atoms with Crippen LogP contribution in [0.25, 0.3) is 0 Å². The van der Waals surface area contributed by atoms with Crippen molar-refractivity contribution in [3.05, 3.63) is 65.5 Å². The van der Waals surface area contributed by atoms with Crippen molar-refractivity contribution in [2.24, 2.45) is 4.99 Å². The summed E-state index contributed by atoms with van der Waals surface area (Å²) in [7, 11) is 5.34. The molecule has 0 radical (unpaired) electrons. The number of hydrogen-bond acceptors (Lipinski definition) is 3. The van der Waals surface area contributed by atoms with Crippen LogP contribution in [0.3, 0.4) is 0 Å². The second-order valence-electron chi connectivity index (χ2n) is 5.87. The SMILES string of the molecule is CN=C(NCc1cccc(OCCOC)c1)N(C)Cc1ccc(F)cc1.I. The fraction of sp³-hybridized carbons (Fsp3) is 0.350. The lowest BCUT2D eigenvalue weighted by atomic mass is 10.2. The van der Waals surface area contributed by atoms with Gasteiger partial charge >= 0.3 is 0 Å². The van der Waals surface area contributed by atoms with E-state index >= 15 is 0 Å². The van der Waals surface area contributed by atoms with E-state index in [0.29, 0.717) is 26.3 Å². The maximum Gasteiger partial charge on any atom is 0.193 e. The number of guanidine groups is 1. The van der Waals surface area contributed by atoms with Gasteiger partial charge in [0, 0.05) is 34.3 Å². The molecule has 7 heteroatoms. The zero-order chi connectivity index (χ0) is 18.8. The number of ether oxygens (including phenoxy) is 2. The summed E-state index contributed by atoms with van der Waals surface area (Å²) in [4.78, 5) is 6.30. The number of aliphatic imine (C=N–C) groups is 1. The van der Waals surface area contributed by atoms with Crippen molar-refractivity contribution in [2.45, 2.75) is 13.1 Å². The van der Waals surface area contributed by atoms with Crippen LogP contribution in [-0.2, 0) is 17.8 Å². The van der Waals surface area contributed by atoms with Crippen molar-refractivity contribution in [3.8, 4) is 5.75 Å². The van der Waals surface area contributed by atoms with E-state index in [-0.39, 0.29) is 29.8 Å². The van der Waals surface area contributed by atoms with Gasteiger partial charge in [-0.25, -0.2) is 4.39 Å². The van der Waals surface area contributed by atoms with Gasteiger partial charge in [0.2, 0.25) is 0 Å². The maximum absolute atomic E-state index is 13.0. The second kappa shape index (κ2) is 12.5. The van der Waals surface area contributed by atoms with Crippen LogP contribution in [-0.4, -0.2) is 45.3 Å². The standard InChI is InChI=1S/C20H26FN3O2.HI/c1-22-20(24(2)15-16-7-9-18(21)10-8-16)23-14-17-5-4-6-19(13-17)26-12-11-25-3;/h4-10,13H,11-12,14-15H2,1-3H3,(H,22,23);1H. The molecule has 0 amide bonds. The third kappa shape index (κ3) is 8.13. The van der Waals surface area contributed by atoms with Gasteiger partial charge in [-0.3, -0.25) is 4.99 Å². The number of benzene rings is 2. The molecule has 0 aliphatic carbocycles. The Morgan fingerprint density at radius 1 is 1.11 bits per heavy atom. The van der Waals surface area contributed by atoms with Crippen molar-refractivity contribution in [1.82, 2.24) is 10.2 Å². The highest BCUT2D eigenvalue weighted by atomic mass is 127. The van der Waals surface area contributed by atoms with Crippen molar-refractivity contribution >= 4 is 29.9 Å². The molecule has 0 atom stereocenters. The molecule has 0 spiro atoms. The molecular weight excluding hydrogens is 460 g/mol. The number of methoxy groups -OCH3 is 1. The van der Waals surface area contributed by atoms with E-state index in [9.17, 15) is 4.39 Å². The summed E-state index contributed by atoms with van der Waals surface area (Å²) in [6.07, 6.45) is 0. The third-order valence-electron chi connectivity index (χ3n) is 3.81. The van der Waals surface area contributed by atoms with Crippen LogP contribution in [0.2, 0.25) is 0 Å². The first-order valence-electron chi connectivity index (χ1n) is 8.49. The van der Waals surface area contributed by atoms with Gasteiger partial charge in [0.1, 0.15) is 18.2 Å². The molecule has 2 aromatic rings. The van der Waals surface area contributed by atoms with Gasteiger partial charge in [-0.15, -0.1) is 24.0 Å². The molecule has 0 aliphatic rings. The number of nitrogens with one attached hydrogen (secondary N) is 1. The molecule has 0 aromatic heterocycles. The van der Waals surface area contributed by atoms with Crippen molar-refractivity contribution in [1.29, 1.82) is 0 Å². The summed E-state index contributed by atoms with van der Waals surface area (Å²) in [5.74, 6) is 1.35. The largest absolute Gasteiger partial charge is 0.491 e. The van der Waals surface area contributed by atoms with Gasteiger partial charge in [-0.1, -0.05) is 24.3 Å². The highest BCUT2D eigenvalue weighted by molar-refractivity contribution is 14.0. The Bertz CT molecular complexity index is 711. The molecule has 27 heavy (non-hydrogen) atoms. The minimum atomic E-state index is -0.230.